The molecule has 1 aliphatic rings. The minimum atomic E-state index is -0.405. The van der Waals surface area contributed by atoms with Crippen LogP contribution >= 0.6 is 0 Å². The maximum Gasteiger partial charge on any atom is 0.224 e. The summed E-state index contributed by atoms with van der Waals surface area (Å²) in [5.41, 5.74) is 0. The third-order valence-corrected chi connectivity index (χ3v) is 2.53. The lowest BCUT2D eigenvalue weighted by atomic mass is 9.89. The number of carbonyl (C=O) groups excluding carboxylic acids is 1. The van der Waals surface area contributed by atoms with Crippen LogP contribution in [-0.2, 0) is 9.53 Å². The van der Waals surface area contributed by atoms with Crippen LogP contribution in [0.25, 0.3) is 0 Å². The van der Waals surface area contributed by atoms with Crippen LogP contribution in [0.2, 0.25) is 0 Å². The lowest BCUT2D eigenvalue weighted by Crippen LogP contribution is -2.42. The Bertz CT molecular complexity index is 247. The second-order valence-electron chi connectivity index (χ2n) is 3.81. The lowest BCUT2D eigenvalue weighted by molar-refractivity contribution is -0.130. The average molecular weight is 196 g/mol. The highest BCUT2D eigenvalue weighted by Crippen LogP contribution is 2.21. The van der Waals surface area contributed by atoms with Gasteiger partial charge in [-0.2, -0.15) is 5.26 Å². The number of nitriles is 1. The zero-order valence-electron chi connectivity index (χ0n) is 8.62. The standard InChI is InChI=1S/C10H16N2O2/c1-7-6-14-4-3-9(7)10(13)12-8(2)5-11/h7-9H,3-4,6H2,1-2H3,(H,12,13). The second-order valence-corrected chi connectivity index (χ2v) is 3.81. The van der Waals surface area contributed by atoms with Crippen molar-refractivity contribution in [1.29, 1.82) is 5.26 Å². The van der Waals surface area contributed by atoms with Crippen molar-refractivity contribution in [3.8, 4) is 6.07 Å². The van der Waals surface area contributed by atoms with Crippen molar-refractivity contribution >= 4 is 5.91 Å². The van der Waals surface area contributed by atoms with Crippen LogP contribution in [0.5, 0.6) is 0 Å². The molecule has 4 nitrogen and oxygen atoms in total. The molecule has 1 fully saturated rings. The molecule has 1 rings (SSSR count). The number of ether oxygens (including phenoxy) is 1. The van der Waals surface area contributed by atoms with E-state index in [0.717, 1.165) is 6.42 Å². The van der Waals surface area contributed by atoms with Crippen LogP contribution in [0.4, 0.5) is 0 Å². The van der Waals surface area contributed by atoms with Crippen molar-refractivity contribution in [1.82, 2.24) is 5.32 Å². The number of hydrogen-bond donors (Lipinski definition) is 1. The molecular formula is C10H16N2O2. The largest absolute Gasteiger partial charge is 0.381 e. The molecular weight excluding hydrogens is 180 g/mol. The summed E-state index contributed by atoms with van der Waals surface area (Å²) in [7, 11) is 0. The minimum Gasteiger partial charge on any atom is -0.381 e. The number of hydrogen-bond acceptors (Lipinski definition) is 3. The molecule has 0 aliphatic carbocycles. The van der Waals surface area contributed by atoms with Gasteiger partial charge in [-0.1, -0.05) is 6.92 Å². The Morgan fingerprint density at radius 3 is 3.00 bits per heavy atom. The fourth-order valence-corrected chi connectivity index (χ4v) is 1.62. The topological polar surface area (TPSA) is 62.1 Å². The van der Waals surface area contributed by atoms with Crippen LogP contribution in [0, 0.1) is 23.2 Å². The molecule has 1 N–H and O–H groups in total. The normalized spacial score (nSPS) is 28.9. The Hall–Kier alpha value is -1.08. The molecule has 0 radical (unpaired) electrons. The van der Waals surface area contributed by atoms with E-state index in [9.17, 15) is 4.79 Å². The predicted molar refractivity (Wildman–Crippen MR) is 51.3 cm³/mol. The van der Waals surface area contributed by atoms with Crippen molar-refractivity contribution < 1.29 is 9.53 Å². The summed E-state index contributed by atoms with van der Waals surface area (Å²) >= 11 is 0. The van der Waals surface area contributed by atoms with Gasteiger partial charge in [-0.05, 0) is 19.3 Å². The van der Waals surface area contributed by atoms with Gasteiger partial charge in [0.1, 0.15) is 6.04 Å². The predicted octanol–water partition coefficient (Wildman–Crippen LogP) is 0.687. The summed E-state index contributed by atoms with van der Waals surface area (Å²) < 4.78 is 5.25. The molecule has 1 aliphatic heterocycles. The third kappa shape index (κ3) is 2.71. The van der Waals surface area contributed by atoms with E-state index < -0.39 is 6.04 Å². The van der Waals surface area contributed by atoms with Crippen LogP contribution in [-0.4, -0.2) is 25.2 Å². The highest BCUT2D eigenvalue weighted by molar-refractivity contribution is 5.79. The van der Waals surface area contributed by atoms with Gasteiger partial charge in [-0.3, -0.25) is 4.79 Å². The molecule has 0 aromatic heterocycles. The van der Waals surface area contributed by atoms with E-state index in [4.69, 9.17) is 10.00 Å². The lowest BCUT2D eigenvalue weighted by Gasteiger charge is -2.28. The average Bonchev–Trinajstić information content (AvgIpc) is 2.18. The number of nitrogens with one attached hydrogen (secondary N) is 1. The molecule has 1 amide bonds. The molecule has 14 heavy (non-hydrogen) atoms. The summed E-state index contributed by atoms with van der Waals surface area (Å²) in [6, 6.07) is 1.58. The molecule has 0 aromatic carbocycles. The Morgan fingerprint density at radius 2 is 2.43 bits per heavy atom. The third-order valence-electron chi connectivity index (χ3n) is 2.53. The maximum atomic E-state index is 11.7. The summed E-state index contributed by atoms with van der Waals surface area (Å²) in [6.45, 7) is 4.96. The van der Waals surface area contributed by atoms with Gasteiger partial charge in [0, 0.05) is 19.1 Å². The van der Waals surface area contributed by atoms with Gasteiger partial charge in [0.15, 0.2) is 0 Å². The van der Waals surface area contributed by atoms with Gasteiger partial charge in [0.05, 0.1) is 6.07 Å². The van der Waals surface area contributed by atoms with E-state index in [1.807, 2.05) is 13.0 Å². The zero-order valence-corrected chi connectivity index (χ0v) is 8.62. The monoisotopic (exact) mass is 196 g/mol. The van der Waals surface area contributed by atoms with Crippen LogP contribution in [0.3, 0.4) is 0 Å². The molecule has 0 saturated carbocycles. The molecule has 1 saturated heterocycles. The van der Waals surface area contributed by atoms with Crippen LogP contribution in [0.1, 0.15) is 20.3 Å². The quantitative estimate of drug-likeness (QED) is 0.706. The zero-order chi connectivity index (χ0) is 10.6. The van der Waals surface area contributed by atoms with Crippen molar-refractivity contribution in [3.05, 3.63) is 0 Å². The Labute approximate surface area is 84.2 Å². The molecule has 4 heteroatoms. The molecule has 78 valence electrons. The first kappa shape index (κ1) is 11.0. The van der Waals surface area contributed by atoms with Crippen molar-refractivity contribution in [2.75, 3.05) is 13.2 Å². The van der Waals surface area contributed by atoms with E-state index >= 15 is 0 Å². The highest BCUT2D eigenvalue weighted by atomic mass is 16.5. The molecule has 0 bridgehead atoms. The number of carbonyl (C=O) groups is 1. The van der Waals surface area contributed by atoms with Gasteiger partial charge in [0.25, 0.3) is 0 Å². The summed E-state index contributed by atoms with van der Waals surface area (Å²) in [4.78, 5) is 11.7. The molecule has 1 heterocycles. The highest BCUT2D eigenvalue weighted by Gasteiger charge is 2.28. The van der Waals surface area contributed by atoms with Gasteiger partial charge in [0.2, 0.25) is 5.91 Å². The Balaban J connectivity index is 2.47. The van der Waals surface area contributed by atoms with E-state index in [-0.39, 0.29) is 17.7 Å². The van der Waals surface area contributed by atoms with Gasteiger partial charge in [-0.15, -0.1) is 0 Å². The fourth-order valence-electron chi connectivity index (χ4n) is 1.62. The van der Waals surface area contributed by atoms with Crippen molar-refractivity contribution in [2.24, 2.45) is 11.8 Å². The smallest absolute Gasteiger partial charge is 0.224 e. The SMILES string of the molecule is CC(C#N)NC(=O)C1CCOCC1C. The molecule has 0 spiro atoms. The summed E-state index contributed by atoms with van der Waals surface area (Å²) in [6.07, 6.45) is 0.755. The van der Waals surface area contributed by atoms with Gasteiger partial charge < -0.3 is 10.1 Å². The first-order chi connectivity index (χ1) is 6.65. The van der Waals surface area contributed by atoms with E-state index in [1.165, 1.54) is 0 Å². The molecule has 0 aromatic rings. The summed E-state index contributed by atoms with van der Waals surface area (Å²) in [5, 5.41) is 11.2. The summed E-state index contributed by atoms with van der Waals surface area (Å²) in [5.74, 6) is 0.226. The molecule has 3 atom stereocenters. The first-order valence-electron chi connectivity index (χ1n) is 4.93. The van der Waals surface area contributed by atoms with Gasteiger partial charge >= 0.3 is 0 Å². The fraction of sp³-hybridized carbons (Fsp3) is 0.800. The van der Waals surface area contributed by atoms with E-state index in [0.29, 0.717) is 13.2 Å². The second kappa shape index (κ2) is 4.97. The van der Waals surface area contributed by atoms with Crippen LogP contribution < -0.4 is 5.32 Å². The van der Waals surface area contributed by atoms with E-state index in [1.54, 1.807) is 6.92 Å². The van der Waals surface area contributed by atoms with Crippen molar-refractivity contribution in [2.45, 2.75) is 26.3 Å². The number of rotatable bonds is 2. The molecule has 3 unspecified atom stereocenters. The number of nitrogens with zero attached hydrogens (tertiary/aromatic N) is 1. The van der Waals surface area contributed by atoms with Crippen molar-refractivity contribution in [3.63, 3.8) is 0 Å². The van der Waals surface area contributed by atoms with Crippen LogP contribution in [0.15, 0.2) is 0 Å². The first-order valence-corrected chi connectivity index (χ1v) is 4.93. The Kier molecular flexibility index (Phi) is 3.90. The number of amides is 1. The Morgan fingerprint density at radius 1 is 1.71 bits per heavy atom. The van der Waals surface area contributed by atoms with E-state index in [2.05, 4.69) is 5.32 Å². The minimum absolute atomic E-state index is 0.000417. The maximum absolute atomic E-state index is 11.7. The van der Waals surface area contributed by atoms with Gasteiger partial charge in [-0.25, -0.2) is 0 Å².